The van der Waals surface area contributed by atoms with Crippen LogP contribution in [0.3, 0.4) is 0 Å². The van der Waals surface area contributed by atoms with E-state index in [1.54, 1.807) is 7.05 Å². The summed E-state index contributed by atoms with van der Waals surface area (Å²) >= 11 is 0. The number of guanidine groups is 1. The van der Waals surface area contributed by atoms with Gasteiger partial charge < -0.3 is 24.8 Å². The molecule has 1 aromatic carbocycles. The Morgan fingerprint density at radius 1 is 1.14 bits per heavy atom. The van der Waals surface area contributed by atoms with Crippen molar-refractivity contribution in [1.82, 2.24) is 15.5 Å². The first-order valence-corrected chi connectivity index (χ1v) is 10.1. The third kappa shape index (κ3) is 5.29. The first-order chi connectivity index (χ1) is 13.4. The van der Waals surface area contributed by atoms with Gasteiger partial charge in [0.1, 0.15) is 12.7 Å². The maximum absolute atomic E-state index is 6.00. The molecule has 1 fully saturated rings. The Labute approximate surface area is 168 Å². The van der Waals surface area contributed by atoms with Gasteiger partial charge >= 0.3 is 0 Å². The van der Waals surface area contributed by atoms with Gasteiger partial charge in [0.15, 0.2) is 17.5 Å². The number of para-hydroxylation sites is 2. The van der Waals surface area contributed by atoms with E-state index in [1.807, 2.05) is 24.3 Å². The van der Waals surface area contributed by atoms with Crippen LogP contribution in [0, 0.1) is 0 Å². The van der Waals surface area contributed by atoms with Crippen LogP contribution in [0.4, 0.5) is 0 Å². The molecule has 0 spiro atoms. The standard InChI is InChI=1S/C21H34N4O3/c1-15-11-25(12-16(2)27-15)21(3,4)14-24-20(22-5)23-10-17-13-26-18-8-6-7-9-19(18)28-17/h6-9,15-17H,10-14H2,1-5H3,(H2,22,23,24). The highest BCUT2D eigenvalue weighted by atomic mass is 16.6. The zero-order valence-electron chi connectivity index (χ0n) is 17.7. The van der Waals surface area contributed by atoms with E-state index in [-0.39, 0.29) is 23.9 Å². The largest absolute Gasteiger partial charge is 0.486 e. The summed E-state index contributed by atoms with van der Waals surface area (Å²) in [5, 5.41) is 6.81. The van der Waals surface area contributed by atoms with E-state index < -0.39 is 0 Å². The van der Waals surface area contributed by atoms with Crippen molar-refractivity contribution in [2.75, 3.05) is 39.8 Å². The van der Waals surface area contributed by atoms with Crippen molar-refractivity contribution in [3.05, 3.63) is 24.3 Å². The van der Waals surface area contributed by atoms with Gasteiger partial charge in [-0.25, -0.2) is 0 Å². The molecular formula is C21H34N4O3. The van der Waals surface area contributed by atoms with Gasteiger partial charge in [0.2, 0.25) is 0 Å². The maximum atomic E-state index is 6.00. The molecule has 0 amide bonds. The van der Waals surface area contributed by atoms with Crippen LogP contribution >= 0.6 is 0 Å². The molecule has 0 bridgehead atoms. The van der Waals surface area contributed by atoms with Crippen molar-refractivity contribution < 1.29 is 14.2 Å². The van der Waals surface area contributed by atoms with Crippen LogP contribution in [0.25, 0.3) is 0 Å². The molecule has 3 unspecified atom stereocenters. The molecule has 28 heavy (non-hydrogen) atoms. The summed E-state index contributed by atoms with van der Waals surface area (Å²) in [6.07, 6.45) is 0.459. The first kappa shape index (κ1) is 20.7. The molecule has 3 rings (SSSR count). The number of hydrogen-bond donors (Lipinski definition) is 2. The lowest BCUT2D eigenvalue weighted by Gasteiger charge is -2.45. The number of morpholine rings is 1. The lowest BCUT2D eigenvalue weighted by Crippen LogP contribution is -2.59. The zero-order chi connectivity index (χ0) is 20.1. The van der Waals surface area contributed by atoms with Crippen LogP contribution in [-0.4, -0.2) is 74.5 Å². The molecule has 0 aliphatic carbocycles. The second-order valence-corrected chi connectivity index (χ2v) is 8.28. The maximum Gasteiger partial charge on any atom is 0.191 e. The summed E-state index contributed by atoms with van der Waals surface area (Å²) in [4.78, 5) is 6.84. The van der Waals surface area contributed by atoms with E-state index in [4.69, 9.17) is 14.2 Å². The van der Waals surface area contributed by atoms with E-state index in [9.17, 15) is 0 Å². The lowest BCUT2D eigenvalue weighted by molar-refractivity contribution is -0.0946. The fraction of sp³-hybridized carbons (Fsp3) is 0.667. The molecule has 7 heteroatoms. The van der Waals surface area contributed by atoms with Crippen molar-refractivity contribution in [2.45, 2.75) is 51.5 Å². The predicted molar refractivity (Wildman–Crippen MR) is 111 cm³/mol. The number of benzene rings is 1. The average Bonchev–Trinajstić information content (AvgIpc) is 2.67. The molecule has 0 aromatic heterocycles. The molecule has 3 atom stereocenters. The van der Waals surface area contributed by atoms with Gasteiger partial charge in [-0.2, -0.15) is 0 Å². The molecule has 1 saturated heterocycles. The number of aliphatic imine (C=N–C) groups is 1. The Morgan fingerprint density at radius 2 is 1.82 bits per heavy atom. The molecule has 2 N–H and O–H groups in total. The van der Waals surface area contributed by atoms with Gasteiger partial charge in [-0.15, -0.1) is 0 Å². The summed E-state index contributed by atoms with van der Waals surface area (Å²) < 4.78 is 17.6. The Bertz CT molecular complexity index is 669. The topological polar surface area (TPSA) is 67.4 Å². The van der Waals surface area contributed by atoms with E-state index in [1.165, 1.54) is 0 Å². The molecule has 156 valence electrons. The minimum atomic E-state index is -0.0533. The minimum absolute atomic E-state index is 0.00664. The monoisotopic (exact) mass is 390 g/mol. The van der Waals surface area contributed by atoms with E-state index in [0.29, 0.717) is 13.2 Å². The van der Waals surface area contributed by atoms with Crippen LogP contribution in [0.2, 0.25) is 0 Å². The highest BCUT2D eigenvalue weighted by molar-refractivity contribution is 5.79. The van der Waals surface area contributed by atoms with Gasteiger partial charge in [-0.3, -0.25) is 9.89 Å². The third-order valence-electron chi connectivity index (χ3n) is 5.25. The highest BCUT2D eigenvalue weighted by Gasteiger charge is 2.33. The highest BCUT2D eigenvalue weighted by Crippen LogP contribution is 2.30. The third-order valence-corrected chi connectivity index (χ3v) is 5.25. The van der Waals surface area contributed by atoms with Crippen LogP contribution in [-0.2, 0) is 4.74 Å². The van der Waals surface area contributed by atoms with Crippen molar-refractivity contribution in [3.63, 3.8) is 0 Å². The molecule has 2 aliphatic heterocycles. The van der Waals surface area contributed by atoms with Gasteiger partial charge in [-0.1, -0.05) is 12.1 Å². The van der Waals surface area contributed by atoms with Crippen molar-refractivity contribution in [2.24, 2.45) is 4.99 Å². The van der Waals surface area contributed by atoms with Crippen LogP contribution in [0.5, 0.6) is 11.5 Å². The summed E-state index contributed by atoms with van der Waals surface area (Å²) in [7, 11) is 1.79. The quantitative estimate of drug-likeness (QED) is 0.591. The molecule has 7 nitrogen and oxygen atoms in total. The van der Waals surface area contributed by atoms with Crippen molar-refractivity contribution >= 4 is 5.96 Å². The first-order valence-electron chi connectivity index (χ1n) is 10.1. The number of rotatable bonds is 5. The number of nitrogens with one attached hydrogen (secondary N) is 2. The van der Waals surface area contributed by atoms with E-state index >= 15 is 0 Å². The number of nitrogens with zero attached hydrogens (tertiary/aromatic N) is 2. The van der Waals surface area contributed by atoms with Gasteiger partial charge in [0, 0.05) is 32.2 Å². The number of hydrogen-bond acceptors (Lipinski definition) is 5. The Balaban J connectivity index is 1.47. The Kier molecular flexibility index (Phi) is 6.67. The predicted octanol–water partition coefficient (Wildman–Crippen LogP) is 1.88. The fourth-order valence-electron chi connectivity index (χ4n) is 3.68. The average molecular weight is 391 g/mol. The van der Waals surface area contributed by atoms with E-state index in [0.717, 1.165) is 37.1 Å². The molecule has 1 aromatic rings. The fourth-order valence-corrected chi connectivity index (χ4v) is 3.68. The Hall–Kier alpha value is -1.99. The number of fused-ring (bicyclic) bond motifs is 1. The van der Waals surface area contributed by atoms with E-state index in [2.05, 4.69) is 48.2 Å². The SMILES string of the molecule is CN=C(NCC1COc2ccccc2O1)NCC(C)(C)N1CC(C)OC(C)C1. The number of ether oxygens (including phenoxy) is 3. The van der Waals surface area contributed by atoms with Crippen LogP contribution in [0.1, 0.15) is 27.7 Å². The summed E-state index contributed by atoms with van der Waals surface area (Å²) in [6, 6.07) is 7.76. The van der Waals surface area contributed by atoms with Gasteiger partial charge in [-0.05, 0) is 39.8 Å². The summed E-state index contributed by atoms with van der Waals surface area (Å²) in [5.74, 6) is 2.36. The molecular weight excluding hydrogens is 356 g/mol. The van der Waals surface area contributed by atoms with Gasteiger partial charge in [0.05, 0.1) is 18.8 Å². The zero-order valence-corrected chi connectivity index (χ0v) is 17.7. The molecule has 0 radical (unpaired) electrons. The Morgan fingerprint density at radius 3 is 2.50 bits per heavy atom. The lowest BCUT2D eigenvalue weighted by atomic mass is 10.00. The molecule has 2 aliphatic rings. The van der Waals surface area contributed by atoms with Crippen molar-refractivity contribution in [3.8, 4) is 11.5 Å². The van der Waals surface area contributed by atoms with Crippen LogP contribution in [0.15, 0.2) is 29.3 Å². The normalized spacial score (nSPS) is 26.0. The minimum Gasteiger partial charge on any atom is -0.486 e. The van der Waals surface area contributed by atoms with Gasteiger partial charge in [0.25, 0.3) is 0 Å². The van der Waals surface area contributed by atoms with Crippen LogP contribution < -0.4 is 20.1 Å². The molecule has 0 saturated carbocycles. The summed E-state index contributed by atoms with van der Waals surface area (Å²) in [5.41, 5.74) is -0.00664. The molecule has 2 heterocycles. The smallest absolute Gasteiger partial charge is 0.191 e. The van der Waals surface area contributed by atoms with Crippen molar-refractivity contribution in [1.29, 1.82) is 0 Å². The second kappa shape index (κ2) is 9.01. The summed E-state index contributed by atoms with van der Waals surface area (Å²) in [6.45, 7) is 12.6. The second-order valence-electron chi connectivity index (χ2n) is 8.28.